The Morgan fingerprint density at radius 2 is 1.74 bits per heavy atom. The lowest BCUT2D eigenvalue weighted by Crippen LogP contribution is -2.20. The minimum absolute atomic E-state index is 0.141. The molecule has 3 rings (SSSR count). The molecular weight excluding hydrogens is 391 g/mol. The maximum atomic E-state index is 10.0. The highest BCUT2D eigenvalue weighted by Gasteiger charge is 2.17. The van der Waals surface area contributed by atoms with E-state index in [9.17, 15) is 10.2 Å². The maximum Gasteiger partial charge on any atom is 0.227 e. The van der Waals surface area contributed by atoms with Crippen molar-refractivity contribution in [2.75, 3.05) is 4.81 Å². The van der Waals surface area contributed by atoms with Crippen LogP contribution in [0.1, 0.15) is 33.5 Å². The fourth-order valence-electron chi connectivity index (χ4n) is 3.09. The van der Waals surface area contributed by atoms with Crippen molar-refractivity contribution in [1.82, 2.24) is 4.98 Å². The van der Waals surface area contributed by atoms with Crippen LogP contribution in [0.15, 0.2) is 54.7 Å². The predicted molar refractivity (Wildman–Crippen MR) is 115 cm³/mol. The number of pyridine rings is 1. The van der Waals surface area contributed by atoms with Gasteiger partial charge in [-0.25, -0.2) is 0 Å². The Hall–Kier alpha value is -3.85. The Labute approximate surface area is 181 Å². The summed E-state index contributed by atoms with van der Waals surface area (Å²) in [6.07, 6.45) is 1.55. The second-order valence-corrected chi connectivity index (χ2v) is 6.74. The number of hydrogen-bond donors (Lipinski definition) is 2. The van der Waals surface area contributed by atoms with Gasteiger partial charge in [-0.1, -0.05) is 12.1 Å². The standard InChI is InChI=1S/C23H19BN4O3/c24-28(20-6-4-16(9-25)5-7-20)12-19-11-27-22(14-30)23(21(19)13-29)31-15-18-3-1-2-17(8-18)10-26/h1-8,11,29-30H,12-15H2. The number of ether oxygens (including phenoxy) is 1. The number of nitrogens with zero attached hydrogens (tertiary/aromatic N) is 4. The Morgan fingerprint density at radius 3 is 2.39 bits per heavy atom. The second-order valence-electron chi connectivity index (χ2n) is 6.74. The molecular formula is C23H19BN4O3. The first kappa shape index (κ1) is 21.9. The van der Waals surface area contributed by atoms with E-state index in [1.807, 2.05) is 6.07 Å². The smallest absolute Gasteiger partial charge is 0.227 e. The molecule has 1 aromatic heterocycles. The van der Waals surface area contributed by atoms with Gasteiger partial charge in [-0.2, -0.15) is 10.5 Å². The van der Waals surface area contributed by atoms with Gasteiger partial charge in [-0.05, 0) is 47.5 Å². The zero-order chi connectivity index (χ0) is 22.2. The third-order valence-corrected chi connectivity index (χ3v) is 4.72. The summed E-state index contributed by atoms with van der Waals surface area (Å²) < 4.78 is 5.91. The summed E-state index contributed by atoms with van der Waals surface area (Å²) >= 11 is 0. The minimum atomic E-state index is -0.358. The van der Waals surface area contributed by atoms with Crippen molar-refractivity contribution in [3.63, 3.8) is 0 Å². The van der Waals surface area contributed by atoms with Crippen LogP contribution in [-0.4, -0.2) is 23.2 Å². The first-order valence-corrected chi connectivity index (χ1v) is 9.45. The number of aliphatic hydroxyl groups excluding tert-OH is 2. The molecule has 0 saturated carbocycles. The third-order valence-electron chi connectivity index (χ3n) is 4.72. The van der Waals surface area contributed by atoms with Crippen LogP contribution in [0.3, 0.4) is 0 Å². The molecule has 0 atom stereocenters. The van der Waals surface area contributed by atoms with Crippen molar-refractivity contribution < 1.29 is 14.9 Å². The highest BCUT2D eigenvalue weighted by Crippen LogP contribution is 2.29. The lowest BCUT2D eigenvalue weighted by Gasteiger charge is -2.23. The molecule has 0 unspecified atom stereocenters. The lowest BCUT2D eigenvalue weighted by atomic mass is 10.0. The van der Waals surface area contributed by atoms with E-state index in [1.165, 1.54) is 4.81 Å². The fourth-order valence-corrected chi connectivity index (χ4v) is 3.09. The fraction of sp³-hybridized carbons (Fsp3) is 0.174. The molecule has 2 radical (unpaired) electrons. The second kappa shape index (κ2) is 10.3. The van der Waals surface area contributed by atoms with Crippen molar-refractivity contribution in [2.45, 2.75) is 26.4 Å². The molecule has 7 nitrogen and oxygen atoms in total. The monoisotopic (exact) mass is 410 g/mol. The molecule has 152 valence electrons. The Morgan fingerprint density at radius 1 is 1.00 bits per heavy atom. The average Bonchev–Trinajstić information content (AvgIpc) is 2.82. The molecule has 0 spiro atoms. The van der Waals surface area contributed by atoms with Gasteiger partial charge in [0, 0.05) is 24.0 Å². The van der Waals surface area contributed by atoms with Gasteiger partial charge in [-0.3, -0.25) is 4.98 Å². The average molecular weight is 410 g/mol. The summed E-state index contributed by atoms with van der Waals surface area (Å²) in [6, 6.07) is 17.9. The van der Waals surface area contributed by atoms with Crippen molar-refractivity contribution in [3.05, 3.63) is 88.2 Å². The summed E-state index contributed by atoms with van der Waals surface area (Å²) in [5.41, 5.74) is 3.90. The summed E-state index contributed by atoms with van der Waals surface area (Å²) in [5.74, 6) is 0.290. The number of aliphatic hydroxyl groups is 2. The zero-order valence-corrected chi connectivity index (χ0v) is 16.7. The SMILES string of the molecule is [B]N(Cc1cnc(CO)c(OCc2cccc(C#N)c2)c1CO)c1ccc(C#N)cc1. The number of nitriles is 2. The molecule has 0 bridgehead atoms. The molecule has 31 heavy (non-hydrogen) atoms. The van der Waals surface area contributed by atoms with Crippen LogP contribution in [0, 0.1) is 22.7 Å². The topological polar surface area (TPSA) is 113 Å². The predicted octanol–water partition coefficient (Wildman–Crippen LogP) is 2.48. The van der Waals surface area contributed by atoms with Crippen LogP contribution >= 0.6 is 0 Å². The number of rotatable bonds is 8. The number of aromatic nitrogens is 1. The number of benzene rings is 2. The quantitative estimate of drug-likeness (QED) is 0.549. The largest absolute Gasteiger partial charge is 0.487 e. The van der Waals surface area contributed by atoms with E-state index in [-0.39, 0.29) is 32.1 Å². The van der Waals surface area contributed by atoms with Gasteiger partial charge in [0.25, 0.3) is 0 Å². The van der Waals surface area contributed by atoms with E-state index in [0.717, 1.165) is 5.56 Å². The molecule has 2 aromatic carbocycles. The van der Waals surface area contributed by atoms with E-state index in [4.69, 9.17) is 23.2 Å². The molecule has 0 aliphatic carbocycles. The third kappa shape index (κ3) is 5.20. The van der Waals surface area contributed by atoms with Crippen LogP contribution in [0.2, 0.25) is 0 Å². The molecule has 0 aliphatic rings. The normalized spacial score (nSPS) is 10.2. The van der Waals surface area contributed by atoms with Gasteiger partial charge in [0.2, 0.25) is 7.98 Å². The summed E-state index contributed by atoms with van der Waals surface area (Å²) in [7, 11) is 6.18. The van der Waals surface area contributed by atoms with Crippen molar-refractivity contribution in [3.8, 4) is 17.9 Å². The highest BCUT2D eigenvalue weighted by atomic mass is 16.5. The van der Waals surface area contributed by atoms with Crippen molar-refractivity contribution >= 4 is 13.7 Å². The summed E-state index contributed by atoms with van der Waals surface area (Å²) in [6.45, 7) is -0.328. The summed E-state index contributed by atoms with van der Waals surface area (Å²) in [5, 5.41) is 37.7. The van der Waals surface area contributed by atoms with E-state index < -0.39 is 0 Å². The zero-order valence-electron chi connectivity index (χ0n) is 16.7. The van der Waals surface area contributed by atoms with E-state index in [1.54, 1.807) is 48.7 Å². The Balaban J connectivity index is 1.86. The van der Waals surface area contributed by atoms with Crippen molar-refractivity contribution in [1.29, 1.82) is 10.5 Å². The van der Waals surface area contributed by atoms with Crippen LogP contribution in [0.5, 0.6) is 5.75 Å². The number of hydrogen-bond acceptors (Lipinski definition) is 7. The molecule has 0 amide bonds. The van der Waals surface area contributed by atoms with Gasteiger partial charge < -0.3 is 19.8 Å². The highest BCUT2D eigenvalue weighted by molar-refractivity contribution is 6.17. The van der Waals surface area contributed by atoms with E-state index in [2.05, 4.69) is 17.1 Å². The molecule has 2 N–H and O–H groups in total. The first-order valence-electron chi connectivity index (χ1n) is 9.45. The first-order chi connectivity index (χ1) is 15.1. The lowest BCUT2D eigenvalue weighted by molar-refractivity contribution is 0.237. The van der Waals surface area contributed by atoms with Crippen LogP contribution in [0.25, 0.3) is 0 Å². The summed E-state index contributed by atoms with van der Waals surface area (Å²) in [4.78, 5) is 5.73. The van der Waals surface area contributed by atoms with Crippen LogP contribution < -0.4 is 9.55 Å². The van der Waals surface area contributed by atoms with Gasteiger partial charge in [0.15, 0.2) is 0 Å². The van der Waals surface area contributed by atoms with Crippen molar-refractivity contribution in [2.24, 2.45) is 0 Å². The molecule has 0 fully saturated rings. The van der Waals surface area contributed by atoms with Crippen LogP contribution in [-0.2, 0) is 26.4 Å². The Bertz CT molecular complexity index is 1140. The number of anilines is 1. The molecule has 1 heterocycles. The van der Waals surface area contributed by atoms with E-state index >= 15 is 0 Å². The minimum Gasteiger partial charge on any atom is -0.487 e. The Kier molecular flexibility index (Phi) is 7.24. The van der Waals surface area contributed by atoms with Gasteiger partial charge in [-0.15, -0.1) is 0 Å². The maximum absolute atomic E-state index is 10.0. The van der Waals surface area contributed by atoms with Gasteiger partial charge in [0.05, 0.1) is 36.5 Å². The molecule has 0 saturated heterocycles. The van der Waals surface area contributed by atoms with Crippen LogP contribution in [0.4, 0.5) is 5.69 Å². The molecule has 8 heteroatoms. The van der Waals surface area contributed by atoms with Gasteiger partial charge in [0.1, 0.15) is 18.1 Å². The molecule has 3 aromatic rings. The van der Waals surface area contributed by atoms with E-state index in [0.29, 0.717) is 33.6 Å². The van der Waals surface area contributed by atoms with Gasteiger partial charge >= 0.3 is 0 Å². The molecule has 0 aliphatic heterocycles.